The third-order valence-corrected chi connectivity index (χ3v) is 7.59. The van der Waals surface area contributed by atoms with E-state index in [0.29, 0.717) is 34.5 Å². The molecule has 1 unspecified atom stereocenters. The van der Waals surface area contributed by atoms with E-state index in [1.54, 1.807) is 12.0 Å². The van der Waals surface area contributed by atoms with E-state index < -0.39 is 11.9 Å². The summed E-state index contributed by atoms with van der Waals surface area (Å²) in [6, 6.07) is 21.4. The zero-order valence-electron chi connectivity index (χ0n) is 23.0. The number of ether oxygens (including phenoxy) is 1. The summed E-state index contributed by atoms with van der Waals surface area (Å²) >= 11 is 1.20. The van der Waals surface area contributed by atoms with Crippen LogP contribution in [-0.4, -0.2) is 66.6 Å². The molecule has 11 heteroatoms. The number of thioether (sulfide) groups is 1. The Labute approximate surface area is 242 Å². The Morgan fingerprint density at radius 2 is 1.71 bits per heavy atom. The molecule has 41 heavy (non-hydrogen) atoms. The fourth-order valence-corrected chi connectivity index (χ4v) is 5.31. The van der Waals surface area contributed by atoms with Crippen LogP contribution in [0.5, 0.6) is 5.75 Å². The van der Waals surface area contributed by atoms with E-state index in [1.807, 2.05) is 91.8 Å². The molecule has 5 rings (SSSR count). The number of hydrogen-bond donors (Lipinski definition) is 2. The van der Waals surface area contributed by atoms with Gasteiger partial charge in [-0.25, -0.2) is 4.99 Å². The highest BCUT2D eigenvalue weighted by molar-refractivity contribution is 8.14. The molecule has 2 aliphatic rings. The molecule has 0 radical (unpaired) electrons. The standard InChI is InChI=1S/C30H30N6O4S/c1-35(2)21-12-10-20(11-13-21)32-27(38)18-41-30-33-24-7-5-4-6-23(24)28-34-29(39)25(36(28)30)16-26(37)31-17-19-8-14-22(40-3)15-9-19/h4-15,25H,16-18H2,1-3H3,(H,31,37)(H,32,38). The molecule has 2 heterocycles. The number of anilines is 2. The summed E-state index contributed by atoms with van der Waals surface area (Å²) in [6.07, 6.45) is -0.103. The average molecular weight is 571 g/mol. The smallest absolute Gasteiger partial charge is 0.271 e. The van der Waals surface area contributed by atoms with Crippen molar-refractivity contribution >= 4 is 57.5 Å². The molecule has 0 saturated heterocycles. The third kappa shape index (κ3) is 6.41. The minimum absolute atomic E-state index is 0.0603. The first-order valence-corrected chi connectivity index (χ1v) is 14.0. The van der Waals surface area contributed by atoms with Gasteiger partial charge in [0.15, 0.2) is 5.17 Å². The lowest BCUT2D eigenvalue weighted by atomic mass is 10.1. The number of rotatable bonds is 9. The molecule has 2 aliphatic heterocycles. The Morgan fingerprint density at radius 3 is 2.41 bits per heavy atom. The number of nitrogens with zero attached hydrogens (tertiary/aromatic N) is 4. The fraction of sp³-hybridized carbons (Fsp3) is 0.233. The molecule has 3 aromatic carbocycles. The number of fused-ring (bicyclic) bond motifs is 3. The second kappa shape index (κ2) is 12.3. The van der Waals surface area contributed by atoms with E-state index in [4.69, 9.17) is 9.73 Å². The molecule has 2 N–H and O–H groups in total. The lowest BCUT2D eigenvalue weighted by molar-refractivity contribution is -0.126. The van der Waals surface area contributed by atoms with E-state index in [1.165, 1.54) is 11.8 Å². The van der Waals surface area contributed by atoms with Gasteiger partial charge < -0.3 is 20.3 Å². The number of amides is 3. The first-order chi connectivity index (χ1) is 19.8. The van der Waals surface area contributed by atoms with E-state index in [9.17, 15) is 14.4 Å². The van der Waals surface area contributed by atoms with Gasteiger partial charge in [0.05, 0.1) is 25.0 Å². The minimum Gasteiger partial charge on any atom is -0.497 e. The molecular weight excluding hydrogens is 540 g/mol. The zero-order valence-corrected chi connectivity index (χ0v) is 23.8. The lowest BCUT2D eigenvalue weighted by Crippen LogP contribution is -2.46. The number of para-hydroxylation sites is 1. The van der Waals surface area contributed by atoms with Crippen molar-refractivity contribution in [2.45, 2.75) is 19.0 Å². The first kappa shape index (κ1) is 27.9. The highest BCUT2D eigenvalue weighted by Gasteiger charge is 2.42. The molecule has 3 amide bonds. The van der Waals surface area contributed by atoms with Crippen molar-refractivity contribution in [3.8, 4) is 5.75 Å². The summed E-state index contributed by atoms with van der Waals surface area (Å²) in [5.41, 5.74) is 3.97. The highest BCUT2D eigenvalue weighted by atomic mass is 32.2. The Balaban J connectivity index is 1.27. The third-order valence-electron chi connectivity index (χ3n) is 6.64. The number of hydrogen-bond acceptors (Lipinski definition) is 8. The summed E-state index contributed by atoms with van der Waals surface area (Å²) in [6.45, 7) is 0.311. The van der Waals surface area contributed by atoms with Gasteiger partial charge >= 0.3 is 0 Å². The summed E-state index contributed by atoms with van der Waals surface area (Å²) < 4.78 is 5.17. The van der Waals surface area contributed by atoms with Crippen molar-refractivity contribution in [2.24, 2.45) is 9.98 Å². The summed E-state index contributed by atoms with van der Waals surface area (Å²) in [7, 11) is 5.49. The molecule has 0 bridgehead atoms. The Bertz CT molecular complexity index is 1520. The maximum atomic E-state index is 13.1. The van der Waals surface area contributed by atoms with E-state index >= 15 is 0 Å². The Hall–Kier alpha value is -4.64. The van der Waals surface area contributed by atoms with E-state index in [-0.39, 0.29) is 24.0 Å². The van der Waals surface area contributed by atoms with Gasteiger partial charge in [0.25, 0.3) is 5.91 Å². The van der Waals surface area contributed by atoms with Gasteiger partial charge in [-0.3, -0.25) is 19.3 Å². The number of benzene rings is 3. The van der Waals surface area contributed by atoms with Crippen molar-refractivity contribution < 1.29 is 19.1 Å². The van der Waals surface area contributed by atoms with Crippen LogP contribution in [0.3, 0.4) is 0 Å². The van der Waals surface area contributed by atoms with Gasteiger partial charge in [0.1, 0.15) is 17.6 Å². The molecule has 0 saturated carbocycles. The number of methoxy groups -OCH3 is 1. The van der Waals surface area contributed by atoms with Crippen molar-refractivity contribution in [2.75, 3.05) is 37.2 Å². The van der Waals surface area contributed by atoms with Crippen molar-refractivity contribution in [3.05, 3.63) is 83.9 Å². The molecule has 0 fully saturated rings. The van der Waals surface area contributed by atoms with Crippen molar-refractivity contribution in [3.63, 3.8) is 0 Å². The van der Waals surface area contributed by atoms with Crippen LogP contribution in [0.1, 0.15) is 17.5 Å². The molecule has 0 spiro atoms. The van der Waals surface area contributed by atoms with Crippen molar-refractivity contribution in [1.29, 1.82) is 0 Å². The van der Waals surface area contributed by atoms with Crippen LogP contribution in [0.4, 0.5) is 17.1 Å². The Morgan fingerprint density at radius 1 is 0.976 bits per heavy atom. The topological polar surface area (TPSA) is 116 Å². The fourth-order valence-electron chi connectivity index (χ4n) is 4.46. The van der Waals surface area contributed by atoms with Gasteiger partial charge in [0.2, 0.25) is 11.8 Å². The molecule has 10 nitrogen and oxygen atoms in total. The van der Waals surface area contributed by atoms with Gasteiger partial charge in [-0.15, -0.1) is 0 Å². The average Bonchev–Trinajstić information content (AvgIpc) is 3.31. The Kier molecular flexibility index (Phi) is 8.34. The molecule has 3 aromatic rings. The molecule has 1 atom stereocenters. The van der Waals surface area contributed by atoms with Gasteiger partial charge in [-0.1, -0.05) is 36.0 Å². The maximum absolute atomic E-state index is 13.1. The summed E-state index contributed by atoms with van der Waals surface area (Å²) in [5.74, 6) is 0.299. The van der Waals surface area contributed by atoms with Crippen LogP contribution in [0.25, 0.3) is 0 Å². The van der Waals surface area contributed by atoms with E-state index in [0.717, 1.165) is 17.0 Å². The van der Waals surface area contributed by atoms with Crippen LogP contribution >= 0.6 is 11.8 Å². The number of aliphatic imine (C=N–C) groups is 2. The lowest BCUT2D eigenvalue weighted by Gasteiger charge is -2.30. The quantitative estimate of drug-likeness (QED) is 0.402. The second-order valence-electron chi connectivity index (χ2n) is 9.68. The monoisotopic (exact) mass is 570 g/mol. The van der Waals surface area contributed by atoms with Gasteiger partial charge in [-0.2, -0.15) is 4.99 Å². The van der Waals surface area contributed by atoms with E-state index in [2.05, 4.69) is 15.6 Å². The minimum atomic E-state index is -0.859. The van der Waals surface area contributed by atoms with Crippen LogP contribution in [0, 0.1) is 0 Å². The van der Waals surface area contributed by atoms with Crippen molar-refractivity contribution in [1.82, 2.24) is 10.2 Å². The molecule has 0 aliphatic carbocycles. The van der Waals surface area contributed by atoms with Crippen LogP contribution in [0.2, 0.25) is 0 Å². The molecule has 210 valence electrons. The normalized spacial score (nSPS) is 15.3. The van der Waals surface area contributed by atoms with Gasteiger partial charge in [0, 0.05) is 37.6 Å². The first-order valence-electron chi connectivity index (χ1n) is 13.0. The van der Waals surface area contributed by atoms with Gasteiger partial charge in [-0.05, 0) is 54.1 Å². The predicted molar refractivity (Wildman–Crippen MR) is 162 cm³/mol. The SMILES string of the molecule is COc1ccc(CNC(=O)CC2C(=O)N=C3c4ccccc4N=C(SCC(=O)Nc4ccc(N(C)C)cc4)N32)cc1. The molecule has 0 aromatic heterocycles. The second-order valence-corrected chi connectivity index (χ2v) is 10.6. The largest absolute Gasteiger partial charge is 0.497 e. The predicted octanol–water partition coefficient (Wildman–Crippen LogP) is 3.80. The highest BCUT2D eigenvalue weighted by Crippen LogP contribution is 2.35. The van der Waals surface area contributed by atoms with Crippen LogP contribution < -0.4 is 20.3 Å². The number of nitrogens with one attached hydrogen (secondary N) is 2. The number of carbonyl (C=O) groups is 3. The summed E-state index contributed by atoms with van der Waals surface area (Å²) in [5, 5.41) is 6.22. The number of carbonyl (C=O) groups excluding carboxylic acids is 3. The maximum Gasteiger partial charge on any atom is 0.271 e. The number of amidine groups is 2. The molecular formula is C30H30N6O4S. The zero-order chi connectivity index (χ0) is 28.9. The van der Waals surface area contributed by atoms with Crippen LogP contribution in [0.15, 0.2) is 82.8 Å². The van der Waals surface area contributed by atoms with Crippen LogP contribution in [-0.2, 0) is 20.9 Å². The summed E-state index contributed by atoms with van der Waals surface area (Å²) in [4.78, 5) is 51.5.